The lowest BCUT2D eigenvalue weighted by atomic mass is 10.0. The van der Waals surface area contributed by atoms with Gasteiger partial charge in [-0.15, -0.1) is 11.3 Å². The number of ketones is 1. The number of nitrogens with one attached hydrogen (secondary N) is 4. The standard InChI is InChI=1S/C23H24FN5O4S/c1-25-9-10-26-20(30)12-15-13-34-23(27-15)29-22(32)28-18-11-14(24)7-8-16(18)21(31)17-5-3-4-6-19(17)33-2/h3-8,11,13,25H,9-10,12H2,1-2H3,(H,26,30)(H2,27,28,29,32). The van der Waals surface area contributed by atoms with Crippen molar-refractivity contribution < 1.29 is 23.5 Å². The zero-order chi connectivity index (χ0) is 24.5. The van der Waals surface area contributed by atoms with Crippen molar-refractivity contribution in [1.82, 2.24) is 15.6 Å². The van der Waals surface area contributed by atoms with Gasteiger partial charge in [0, 0.05) is 24.0 Å². The van der Waals surface area contributed by atoms with E-state index in [2.05, 4.69) is 26.3 Å². The van der Waals surface area contributed by atoms with Crippen LogP contribution in [0.5, 0.6) is 5.75 Å². The van der Waals surface area contributed by atoms with Crippen LogP contribution in [0.1, 0.15) is 21.6 Å². The average Bonchev–Trinajstić information content (AvgIpc) is 3.25. The van der Waals surface area contributed by atoms with Crippen molar-refractivity contribution in [2.45, 2.75) is 6.42 Å². The normalized spacial score (nSPS) is 10.4. The number of rotatable bonds is 10. The molecule has 3 aromatic rings. The molecule has 0 saturated heterocycles. The molecule has 34 heavy (non-hydrogen) atoms. The molecular weight excluding hydrogens is 461 g/mol. The fraction of sp³-hybridized carbons (Fsp3) is 0.217. The summed E-state index contributed by atoms with van der Waals surface area (Å²) in [5.74, 6) is -0.880. The fourth-order valence-corrected chi connectivity index (χ4v) is 3.75. The number of carbonyl (C=O) groups excluding carboxylic acids is 3. The van der Waals surface area contributed by atoms with Crippen molar-refractivity contribution in [1.29, 1.82) is 0 Å². The van der Waals surface area contributed by atoms with Crippen molar-refractivity contribution in [3.8, 4) is 5.75 Å². The van der Waals surface area contributed by atoms with Gasteiger partial charge in [-0.3, -0.25) is 14.9 Å². The van der Waals surface area contributed by atoms with Crippen LogP contribution < -0.4 is 26.0 Å². The maximum absolute atomic E-state index is 13.9. The number of hydrogen-bond donors (Lipinski definition) is 4. The molecule has 2 aromatic carbocycles. The van der Waals surface area contributed by atoms with Crippen molar-refractivity contribution in [2.75, 3.05) is 37.9 Å². The summed E-state index contributed by atoms with van der Waals surface area (Å²) in [4.78, 5) is 41.7. The molecule has 0 aliphatic heterocycles. The molecule has 178 valence electrons. The first-order valence-corrected chi connectivity index (χ1v) is 11.2. The van der Waals surface area contributed by atoms with Gasteiger partial charge < -0.3 is 20.7 Å². The number of anilines is 2. The predicted octanol–water partition coefficient (Wildman–Crippen LogP) is 3.04. The highest BCUT2D eigenvalue weighted by atomic mass is 32.1. The lowest BCUT2D eigenvalue weighted by molar-refractivity contribution is -0.120. The molecule has 0 atom stereocenters. The van der Waals surface area contributed by atoms with E-state index in [1.54, 1.807) is 36.7 Å². The molecule has 0 bridgehead atoms. The number of halogens is 1. The van der Waals surface area contributed by atoms with Gasteiger partial charge in [-0.2, -0.15) is 0 Å². The minimum absolute atomic E-state index is 0.00547. The smallest absolute Gasteiger partial charge is 0.325 e. The molecule has 0 aliphatic carbocycles. The number of thiazole rings is 1. The first kappa shape index (κ1) is 24.8. The summed E-state index contributed by atoms with van der Waals surface area (Å²) in [5.41, 5.74) is 0.867. The molecule has 1 aromatic heterocycles. The minimum atomic E-state index is -0.709. The van der Waals surface area contributed by atoms with Gasteiger partial charge >= 0.3 is 6.03 Å². The highest BCUT2D eigenvalue weighted by Gasteiger charge is 2.20. The Labute approximate surface area is 199 Å². The third-order valence-electron chi connectivity index (χ3n) is 4.64. The average molecular weight is 486 g/mol. The van der Waals surface area contributed by atoms with Crippen LogP contribution in [0, 0.1) is 5.82 Å². The van der Waals surface area contributed by atoms with Crippen LogP contribution >= 0.6 is 11.3 Å². The number of amides is 3. The highest BCUT2D eigenvalue weighted by Crippen LogP contribution is 2.26. The largest absolute Gasteiger partial charge is 0.496 e. The molecular formula is C23H24FN5O4S. The molecule has 3 amide bonds. The first-order chi connectivity index (χ1) is 16.4. The second-order valence-corrected chi connectivity index (χ2v) is 7.93. The zero-order valence-electron chi connectivity index (χ0n) is 18.6. The Balaban J connectivity index is 1.69. The van der Waals surface area contributed by atoms with Crippen LogP contribution in [-0.2, 0) is 11.2 Å². The van der Waals surface area contributed by atoms with Gasteiger partial charge in [0.15, 0.2) is 10.9 Å². The van der Waals surface area contributed by atoms with E-state index in [4.69, 9.17) is 4.74 Å². The number of aromatic nitrogens is 1. The van der Waals surface area contributed by atoms with Crippen molar-refractivity contribution in [3.05, 3.63) is 70.5 Å². The lowest BCUT2D eigenvalue weighted by Gasteiger charge is -2.12. The summed E-state index contributed by atoms with van der Waals surface area (Å²) in [7, 11) is 3.23. The third kappa shape index (κ3) is 6.59. The van der Waals surface area contributed by atoms with E-state index in [9.17, 15) is 18.8 Å². The summed E-state index contributed by atoms with van der Waals surface area (Å²) >= 11 is 1.14. The Morgan fingerprint density at radius 1 is 1.06 bits per heavy atom. The van der Waals surface area contributed by atoms with Crippen molar-refractivity contribution in [2.24, 2.45) is 0 Å². The van der Waals surface area contributed by atoms with Crippen LogP contribution in [0.4, 0.5) is 20.0 Å². The predicted molar refractivity (Wildman–Crippen MR) is 128 cm³/mol. The van der Waals surface area contributed by atoms with E-state index in [1.807, 2.05) is 0 Å². The Morgan fingerprint density at radius 3 is 2.62 bits per heavy atom. The number of likely N-dealkylation sites (N-methyl/N-ethyl adjacent to an activating group) is 1. The van der Waals surface area contributed by atoms with E-state index >= 15 is 0 Å². The minimum Gasteiger partial charge on any atom is -0.496 e. The molecule has 11 heteroatoms. The zero-order valence-corrected chi connectivity index (χ0v) is 19.4. The Kier molecular flexibility index (Phi) is 8.66. The van der Waals surface area contributed by atoms with Crippen molar-refractivity contribution >= 4 is 39.9 Å². The summed E-state index contributed by atoms with van der Waals surface area (Å²) in [6, 6.07) is 9.41. The number of benzene rings is 2. The maximum atomic E-state index is 13.9. The van der Waals surface area contributed by atoms with Crippen LogP contribution in [0.25, 0.3) is 0 Å². The highest BCUT2D eigenvalue weighted by molar-refractivity contribution is 7.14. The molecule has 0 aliphatic rings. The van der Waals surface area contributed by atoms with Gasteiger partial charge in [-0.25, -0.2) is 14.2 Å². The first-order valence-electron chi connectivity index (χ1n) is 10.3. The van der Waals surface area contributed by atoms with E-state index in [-0.39, 0.29) is 34.3 Å². The Morgan fingerprint density at radius 2 is 1.85 bits per heavy atom. The monoisotopic (exact) mass is 485 g/mol. The van der Waals surface area contributed by atoms with Gasteiger partial charge in [0.25, 0.3) is 0 Å². The molecule has 0 fully saturated rings. The van der Waals surface area contributed by atoms with Gasteiger partial charge in [-0.1, -0.05) is 12.1 Å². The van der Waals surface area contributed by atoms with Crippen LogP contribution in [0.3, 0.4) is 0 Å². The summed E-state index contributed by atoms with van der Waals surface area (Å²) in [6.07, 6.45) is 0.0744. The molecule has 0 unspecified atom stereocenters. The quantitative estimate of drug-likeness (QED) is 0.259. The molecule has 9 nitrogen and oxygen atoms in total. The van der Waals surface area contributed by atoms with Gasteiger partial charge in [0.2, 0.25) is 5.91 Å². The molecule has 0 radical (unpaired) electrons. The third-order valence-corrected chi connectivity index (χ3v) is 5.44. The molecule has 4 N–H and O–H groups in total. The number of nitrogens with zero attached hydrogens (tertiary/aromatic N) is 1. The van der Waals surface area contributed by atoms with E-state index in [1.165, 1.54) is 13.2 Å². The van der Waals surface area contributed by atoms with Gasteiger partial charge in [0.05, 0.1) is 30.5 Å². The Bertz CT molecular complexity index is 1180. The molecule has 1 heterocycles. The number of ether oxygens (including phenoxy) is 1. The topological polar surface area (TPSA) is 121 Å². The number of methoxy groups -OCH3 is 1. The van der Waals surface area contributed by atoms with Crippen LogP contribution in [0.15, 0.2) is 47.8 Å². The SMILES string of the molecule is CNCCNC(=O)Cc1csc(NC(=O)Nc2cc(F)ccc2C(=O)c2ccccc2OC)n1. The number of urea groups is 1. The van der Waals surface area contributed by atoms with Gasteiger partial charge in [0.1, 0.15) is 11.6 Å². The second kappa shape index (κ2) is 11.9. The van der Waals surface area contributed by atoms with E-state index in [0.29, 0.717) is 24.5 Å². The summed E-state index contributed by atoms with van der Waals surface area (Å²) in [5, 5.41) is 12.6. The number of hydrogen-bond acceptors (Lipinski definition) is 7. The molecule has 0 saturated carbocycles. The second-order valence-electron chi connectivity index (χ2n) is 7.07. The van der Waals surface area contributed by atoms with E-state index < -0.39 is 17.6 Å². The van der Waals surface area contributed by atoms with E-state index in [0.717, 1.165) is 23.5 Å². The van der Waals surface area contributed by atoms with Crippen LogP contribution in [0.2, 0.25) is 0 Å². The summed E-state index contributed by atoms with van der Waals surface area (Å²) < 4.78 is 19.1. The number of para-hydroxylation sites is 1. The van der Waals surface area contributed by atoms with Crippen LogP contribution in [-0.4, -0.2) is 50.0 Å². The molecule has 0 spiro atoms. The maximum Gasteiger partial charge on any atom is 0.325 e. The summed E-state index contributed by atoms with van der Waals surface area (Å²) in [6.45, 7) is 1.15. The lowest BCUT2D eigenvalue weighted by Crippen LogP contribution is -2.31. The Hall–Kier alpha value is -3.83. The molecule has 3 rings (SSSR count). The van der Waals surface area contributed by atoms with Gasteiger partial charge in [-0.05, 0) is 37.4 Å². The fourth-order valence-electron chi connectivity index (χ4n) is 3.05. The number of carbonyl (C=O) groups is 3. The van der Waals surface area contributed by atoms with Crippen molar-refractivity contribution in [3.63, 3.8) is 0 Å².